The van der Waals surface area contributed by atoms with E-state index in [4.69, 9.17) is 18.9 Å². The highest BCUT2D eigenvalue weighted by Gasteiger charge is 2.59. The highest BCUT2D eigenvalue weighted by Crippen LogP contribution is 2.46. The lowest BCUT2D eigenvalue weighted by Gasteiger charge is -2.47. The zero-order valence-electron chi connectivity index (χ0n) is 27.2. The fourth-order valence-corrected chi connectivity index (χ4v) is 7.19. The van der Waals surface area contributed by atoms with Gasteiger partial charge in [0.05, 0.1) is 18.8 Å². The quantitative estimate of drug-likeness (QED) is 0.289. The molecular weight excluding hydrogens is 551 g/mol. The second-order valence-electron chi connectivity index (χ2n) is 13.7. The molecule has 2 N–H and O–H groups in total. The number of allylic oxidation sites excluding steroid dienone is 4. The standard InChI is InChI=1S/C35H53FO7/c1-9-20(2)31-23(5)15-16-34(43-31)18-26(8)41-33(38)28-17-24(6)30(37)32-35(28,39)27(19-40-32)12-10-11-21(3)29(36)22(4)13-14-25(7)42-34/h10-13,17,20-21,23,25-26,28-32,37,39H,9,14-16,18-19H2,1-8H3/b11-10+,22-13+,27-12+/t20?,21-,23-,25-,26-,28+,29-,30+,31+,32+,34+,35+/m0/s1. The Kier molecular flexibility index (Phi) is 10.8. The Morgan fingerprint density at radius 2 is 1.84 bits per heavy atom. The molecule has 0 aromatic rings. The van der Waals surface area contributed by atoms with Gasteiger partial charge in [-0.05, 0) is 69.1 Å². The van der Waals surface area contributed by atoms with Crippen LogP contribution in [0.1, 0.15) is 87.5 Å². The van der Waals surface area contributed by atoms with Crippen molar-refractivity contribution in [1.82, 2.24) is 0 Å². The molecule has 0 radical (unpaired) electrons. The van der Waals surface area contributed by atoms with Crippen molar-refractivity contribution in [3.8, 4) is 0 Å². The molecule has 12 atom stereocenters. The second-order valence-corrected chi connectivity index (χ2v) is 13.7. The van der Waals surface area contributed by atoms with E-state index in [0.29, 0.717) is 47.8 Å². The van der Waals surface area contributed by atoms with Crippen LogP contribution in [-0.2, 0) is 23.7 Å². The maximum Gasteiger partial charge on any atom is 0.316 e. The third kappa shape index (κ3) is 7.04. The molecule has 43 heavy (non-hydrogen) atoms. The van der Waals surface area contributed by atoms with Crippen LogP contribution >= 0.6 is 0 Å². The molecule has 1 unspecified atom stereocenters. The van der Waals surface area contributed by atoms with Gasteiger partial charge in [0.1, 0.15) is 36.0 Å². The largest absolute Gasteiger partial charge is 0.462 e. The zero-order chi connectivity index (χ0) is 31.7. The predicted molar refractivity (Wildman–Crippen MR) is 164 cm³/mol. The van der Waals surface area contributed by atoms with E-state index >= 15 is 4.39 Å². The SMILES string of the molecule is CCC(C)[C@H]1O[C@]2(CC[C@@H]1C)C[C@H](C)OC(=O)[C@H]1C=C(C)[C@@H](O)[C@H]3OC/C(=C\C=C\[C@H](C)[C@H](F)/C(C)=C/C[C@H](C)O2)[C@@]13O. The molecule has 0 amide bonds. The molecule has 0 aromatic carbocycles. The summed E-state index contributed by atoms with van der Waals surface area (Å²) >= 11 is 0. The summed E-state index contributed by atoms with van der Waals surface area (Å²) in [4.78, 5) is 13.8. The molecule has 4 rings (SSSR count). The maximum atomic E-state index is 15.4. The van der Waals surface area contributed by atoms with Crippen molar-refractivity contribution in [2.45, 2.75) is 136 Å². The van der Waals surface area contributed by atoms with Crippen LogP contribution in [0, 0.1) is 23.7 Å². The normalized spacial score (nSPS) is 47.1. The van der Waals surface area contributed by atoms with Gasteiger partial charge in [0.15, 0.2) is 5.79 Å². The molecule has 8 heteroatoms. The minimum Gasteiger partial charge on any atom is -0.462 e. The van der Waals surface area contributed by atoms with Gasteiger partial charge in [-0.15, -0.1) is 0 Å². The second kappa shape index (κ2) is 13.7. The number of rotatable bonds is 2. The minimum absolute atomic E-state index is 0.0120. The Balaban J connectivity index is 1.73. The minimum atomic E-state index is -1.80. The average molecular weight is 605 g/mol. The first-order valence-electron chi connectivity index (χ1n) is 16.2. The van der Waals surface area contributed by atoms with E-state index in [0.717, 1.165) is 12.8 Å². The fraction of sp³-hybridized carbons (Fsp3) is 0.743. The van der Waals surface area contributed by atoms with Gasteiger partial charge in [-0.2, -0.15) is 0 Å². The summed E-state index contributed by atoms with van der Waals surface area (Å²) in [6.45, 7) is 15.7. The summed E-state index contributed by atoms with van der Waals surface area (Å²) < 4.78 is 40.9. The monoisotopic (exact) mass is 604 g/mol. The van der Waals surface area contributed by atoms with E-state index in [2.05, 4.69) is 20.8 Å². The fourth-order valence-electron chi connectivity index (χ4n) is 7.19. The molecule has 7 nitrogen and oxygen atoms in total. The number of aliphatic hydroxyl groups is 2. The lowest BCUT2D eigenvalue weighted by molar-refractivity contribution is -0.320. The van der Waals surface area contributed by atoms with Crippen LogP contribution in [-0.4, -0.2) is 70.9 Å². The Bertz CT molecular complexity index is 1130. The number of hydrogen-bond acceptors (Lipinski definition) is 7. The molecule has 2 fully saturated rings. The average Bonchev–Trinajstić information content (AvgIpc) is 3.30. The van der Waals surface area contributed by atoms with Gasteiger partial charge in [0.25, 0.3) is 0 Å². The highest BCUT2D eigenvalue weighted by molar-refractivity contribution is 5.78. The molecule has 1 aliphatic carbocycles. The zero-order valence-corrected chi connectivity index (χ0v) is 27.2. The highest BCUT2D eigenvalue weighted by atomic mass is 19.1. The van der Waals surface area contributed by atoms with E-state index < -0.39 is 53.7 Å². The smallest absolute Gasteiger partial charge is 0.316 e. The molecule has 3 heterocycles. The molecule has 0 aromatic heterocycles. The molecule has 2 saturated heterocycles. The van der Waals surface area contributed by atoms with Gasteiger partial charge in [-0.25, -0.2) is 4.39 Å². The van der Waals surface area contributed by atoms with Crippen molar-refractivity contribution < 1.29 is 38.3 Å². The summed E-state index contributed by atoms with van der Waals surface area (Å²) in [6, 6.07) is 0. The Morgan fingerprint density at radius 3 is 2.53 bits per heavy atom. The van der Waals surface area contributed by atoms with Gasteiger partial charge in [0, 0.05) is 18.8 Å². The predicted octanol–water partition coefficient (Wildman–Crippen LogP) is 6.14. The first kappa shape index (κ1) is 34.0. The lowest BCUT2D eigenvalue weighted by atomic mass is 9.71. The Hall–Kier alpha value is -1.84. The number of aliphatic hydroxyl groups excluding tert-OH is 1. The van der Waals surface area contributed by atoms with Crippen LogP contribution in [0.25, 0.3) is 0 Å². The molecule has 0 saturated carbocycles. The number of halogens is 1. The molecule has 4 aliphatic rings. The van der Waals surface area contributed by atoms with Gasteiger partial charge < -0.3 is 29.2 Å². The summed E-state index contributed by atoms with van der Waals surface area (Å²) in [7, 11) is 0. The van der Waals surface area contributed by atoms with E-state index in [-0.39, 0.29) is 18.8 Å². The summed E-state index contributed by atoms with van der Waals surface area (Å²) in [6.07, 6.45) is 7.80. The van der Waals surface area contributed by atoms with Gasteiger partial charge in [-0.1, -0.05) is 64.5 Å². The number of alkyl halides is 1. The van der Waals surface area contributed by atoms with E-state index in [1.165, 1.54) is 0 Å². The van der Waals surface area contributed by atoms with E-state index in [9.17, 15) is 15.0 Å². The summed E-state index contributed by atoms with van der Waals surface area (Å²) in [5.41, 5.74) is -0.195. The summed E-state index contributed by atoms with van der Waals surface area (Å²) in [5.74, 6) is -2.42. The van der Waals surface area contributed by atoms with Gasteiger partial charge >= 0.3 is 5.97 Å². The van der Waals surface area contributed by atoms with Crippen molar-refractivity contribution in [2.75, 3.05) is 6.61 Å². The first-order chi connectivity index (χ1) is 20.2. The molecule has 242 valence electrons. The maximum absolute atomic E-state index is 15.4. The molecular formula is C35H53FO7. The number of carbonyl (C=O) groups excluding carboxylic acids is 1. The van der Waals surface area contributed by atoms with Gasteiger partial charge in [0.2, 0.25) is 0 Å². The number of hydrogen-bond donors (Lipinski definition) is 2. The van der Waals surface area contributed by atoms with Crippen LogP contribution in [0.15, 0.2) is 47.1 Å². The van der Waals surface area contributed by atoms with Crippen LogP contribution < -0.4 is 0 Å². The van der Waals surface area contributed by atoms with E-state index in [1.54, 1.807) is 45.1 Å². The van der Waals surface area contributed by atoms with Crippen LogP contribution in [0.5, 0.6) is 0 Å². The van der Waals surface area contributed by atoms with Crippen LogP contribution in [0.4, 0.5) is 4.39 Å². The lowest BCUT2D eigenvalue weighted by Crippen LogP contribution is -2.57. The number of carbonyl (C=O) groups is 1. The topological polar surface area (TPSA) is 94.5 Å². The Labute approximate surface area is 257 Å². The molecule has 1 spiro atoms. The molecule has 3 aliphatic heterocycles. The third-order valence-corrected chi connectivity index (χ3v) is 10.1. The van der Waals surface area contributed by atoms with Crippen molar-refractivity contribution in [1.29, 1.82) is 0 Å². The van der Waals surface area contributed by atoms with Crippen molar-refractivity contribution in [3.05, 3.63) is 47.1 Å². The van der Waals surface area contributed by atoms with E-state index in [1.807, 2.05) is 19.9 Å². The molecule has 0 bridgehead atoms. The Morgan fingerprint density at radius 1 is 1.12 bits per heavy atom. The number of esters is 1. The van der Waals surface area contributed by atoms with Crippen molar-refractivity contribution in [2.24, 2.45) is 23.7 Å². The third-order valence-electron chi connectivity index (χ3n) is 10.1. The number of cyclic esters (lactones) is 1. The first-order valence-corrected chi connectivity index (χ1v) is 16.2. The van der Waals surface area contributed by atoms with Crippen LogP contribution in [0.3, 0.4) is 0 Å². The van der Waals surface area contributed by atoms with Crippen molar-refractivity contribution >= 4 is 5.97 Å². The summed E-state index contributed by atoms with van der Waals surface area (Å²) in [5, 5.41) is 22.9. The van der Waals surface area contributed by atoms with Gasteiger partial charge in [-0.3, -0.25) is 4.79 Å². The van der Waals surface area contributed by atoms with Crippen LogP contribution in [0.2, 0.25) is 0 Å². The van der Waals surface area contributed by atoms with Crippen molar-refractivity contribution in [3.63, 3.8) is 0 Å². The number of ether oxygens (including phenoxy) is 4.